The van der Waals surface area contributed by atoms with Gasteiger partial charge in [-0.15, -0.1) is 0 Å². The van der Waals surface area contributed by atoms with Crippen LogP contribution in [0.4, 0.5) is 0 Å². The van der Waals surface area contributed by atoms with Crippen LogP contribution in [0.3, 0.4) is 0 Å². The Morgan fingerprint density at radius 1 is 1.75 bits per heavy atom. The lowest BCUT2D eigenvalue weighted by molar-refractivity contribution is 0.0599. The lowest BCUT2D eigenvalue weighted by Gasteiger charge is -1.96. The number of carbonyl (C=O) groups is 1. The zero-order chi connectivity index (χ0) is 8.55. The Kier molecular flexibility index (Phi) is 1.60. The van der Waals surface area contributed by atoms with Crippen molar-refractivity contribution in [3.63, 3.8) is 0 Å². The average molecular weight is 166 g/mol. The topological polar surface area (TPSA) is 44.1 Å². The summed E-state index contributed by atoms with van der Waals surface area (Å²) in [4.78, 5) is 11.2. The Bertz CT molecular complexity index is 317. The molecule has 12 heavy (non-hydrogen) atoms. The number of rotatable bonds is 1. The minimum atomic E-state index is -0.279. The Hall–Kier alpha value is -1.32. The second-order valence-electron chi connectivity index (χ2n) is 2.82. The summed E-state index contributed by atoms with van der Waals surface area (Å²) in [6, 6.07) is 0. The molecule has 0 N–H and O–H groups in total. The van der Waals surface area contributed by atoms with Crippen molar-refractivity contribution in [3.8, 4) is 0 Å². The number of fused-ring (bicyclic) bond motifs is 1. The maximum atomic E-state index is 11.2. The van der Waals surface area contributed by atoms with Crippen LogP contribution >= 0.6 is 0 Å². The number of aromatic nitrogens is 2. The molecule has 0 aromatic carbocycles. The summed E-state index contributed by atoms with van der Waals surface area (Å²) in [6.45, 7) is 0.923. The molecule has 0 amide bonds. The Morgan fingerprint density at radius 2 is 2.58 bits per heavy atom. The van der Waals surface area contributed by atoms with Crippen molar-refractivity contribution >= 4 is 5.97 Å². The molecule has 0 saturated carbocycles. The van der Waals surface area contributed by atoms with Crippen molar-refractivity contribution in [2.24, 2.45) is 0 Å². The molecular weight excluding hydrogens is 156 g/mol. The molecule has 2 heterocycles. The SMILES string of the molecule is COC(=O)c1cnn2c1CCC2. The highest BCUT2D eigenvalue weighted by Crippen LogP contribution is 2.18. The van der Waals surface area contributed by atoms with Gasteiger partial charge in [-0.05, 0) is 12.8 Å². The molecule has 64 valence electrons. The van der Waals surface area contributed by atoms with Gasteiger partial charge in [-0.1, -0.05) is 0 Å². The molecule has 0 spiro atoms. The first kappa shape index (κ1) is 7.34. The first-order valence-corrected chi connectivity index (χ1v) is 3.96. The Balaban J connectivity index is 2.39. The zero-order valence-corrected chi connectivity index (χ0v) is 6.91. The number of ether oxygens (including phenoxy) is 1. The highest BCUT2D eigenvalue weighted by Gasteiger charge is 2.20. The average Bonchev–Trinajstić information content (AvgIpc) is 2.62. The van der Waals surface area contributed by atoms with Crippen molar-refractivity contribution in [2.75, 3.05) is 7.11 Å². The summed E-state index contributed by atoms with van der Waals surface area (Å²) in [7, 11) is 1.39. The number of hydrogen-bond donors (Lipinski definition) is 0. The van der Waals surface area contributed by atoms with Crippen LogP contribution in [0, 0.1) is 0 Å². The van der Waals surface area contributed by atoms with Gasteiger partial charge in [0, 0.05) is 6.54 Å². The highest BCUT2D eigenvalue weighted by atomic mass is 16.5. The largest absolute Gasteiger partial charge is 0.465 e. The second-order valence-corrected chi connectivity index (χ2v) is 2.82. The van der Waals surface area contributed by atoms with Crippen molar-refractivity contribution in [1.29, 1.82) is 0 Å². The van der Waals surface area contributed by atoms with Gasteiger partial charge in [-0.2, -0.15) is 5.10 Å². The Morgan fingerprint density at radius 3 is 3.33 bits per heavy atom. The fraction of sp³-hybridized carbons (Fsp3) is 0.500. The predicted molar refractivity (Wildman–Crippen MR) is 41.9 cm³/mol. The third-order valence-electron chi connectivity index (χ3n) is 2.14. The molecule has 1 aliphatic heterocycles. The molecule has 0 saturated heterocycles. The summed E-state index contributed by atoms with van der Waals surface area (Å²) >= 11 is 0. The molecule has 4 nitrogen and oxygen atoms in total. The van der Waals surface area contributed by atoms with E-state index in [4.69, 9.17) is 0 Å². The summed E-state index contributed by atoms with van der Waals surface area (Å²) < 4.78 is 6.49. The minimum Gasteiger partial charge on any atom is -0.465 e. The van der Waals surface area contributed by atoms with Crippen molar-refractivity contribution < 1.29 is 9.53 Å². The third kappa shape index (κ3) is 0.913. The number of aryl methyl sites for hydroxylation is 1. The van der Waals surface area contributed by atoms with Crippen molar-refractivity contribution in [3.05, 3.63) is 17.5 Å². The van der Waals surface area contributed by atoms with E-state index in [-0.39, 0.29) is 5.97 Å². The zero-order valence-electron chi connectivity index (χ0n) is 6.91. The second kappa shape index (κ2) is 2.62. The van der Waals surface area contributed by atoms with Gasteiger partial charge in [0.25, 0.3) is 0 Å². The van der Waals surface area contributed by atoms with E-state index in [2.05, 4.69) is 9.84 Å². The first-order valence-electron chi connectivity index (χ1n) is 3.96. The summed E-state index contributed by atoms with van der Waals surface area (Å²) in [5.41, 5.74) is 1.64. The van der Waals surface area contributed by atoms with Gasteiger partial charge in [-0.25, -0.2) is 4.79 Å². The summed E-state index contributed by atoms with van der Waals surface area (Å²) in [5, 5.41) is 4.08. The number of methoxy groups -OCH3 is 1. The van der Waals surface area contributed by atoms with E-state index >= 15 is 0 Å². The van der Waals surface area contributed by atoms with Crippen LogP contribution in [0.1, 0.15) is 22.5 Å². The van der Waals surface area contributed by atoms with E-state index < -0.39 is 0 Å². The van der Waals surface area contributed by atoms with E-state index in [1.165, 1.54) is 7.11 Å². The monoisotopic (exact) mass is 166 g/mol. The number of nitrogens with zero attached hydrogens (tertiary/aromatic N) is 2. The highest BCUT2D eigenvalue weighted by molar-refractivity contribution is 5.90. The smallest absolute Gasteiger partial charge is 0.341 e. The van der Waals surface area contributed by atoms with Crippen LogP contribution in [0.15, 0.2) is 6.20 Å². The van der Waals surface area contributed by atoms with E-state index in [0.717, 1.165) is 25.1 Å². The van der Waals surface area contributed by atoms with Gasteiger partial charge in [0.15, 0.2) is 0 Å². The fourth-order valence-corrected chi connectivity index (χ4v) is 1.54. The van der Waals surface area contributed by atoms with Gasteiger partial charge in [0.2, 0.25) is 0 Å². The van der Waals surface area contributed by atoms with Gasteiger partial charge < -0.3 is 4.74 Å². The molecule has 0 bridgehead atoms. The lowest BCUT2D eigenvalue weighted by Crippen LogP contribution is -2.03. The van der Waals surface area contributed by atoms with Crippen LogP contribution in [0.2, 0.25) is 0 Å². The van der Waals surface area contributed by atoms with Crippen molar-refractivity contribution in [2.45, 2.75) is 19.4 Å². The van der Waals surface area contributed by atoms with Gasteiger partial charge in [0.05, 0.1) is 19.0 Å². The quantitative estimate of drug-likeness (QED) is 0.574. The van der Waals surface area contributed by atoms with Gasteiger partial charge >= 0.3 is 5.97 Å². The summed E-state index contributed by atoms with van der Waals surface area (Å²) in [5.74, 6) is -0.279. The molecule has 0 radical (unpaired) electrons. The van der Waals surface area contributed by atoms with Crippen LogP contribution in [-0.4, -0.2) is 22.9 Å². The fourth-order valence-electron chi connectivity index (χ4n) is 1.54. The van der Waals surface area contributed by atoms with Crippen LogP contribution in [0.25, 0.3) is 0 Å². The molecule has 1 aliphatic rings. The lowest BCUT2D eigenvalue weighted by atomic mass is 10.2. The van der Waals surface area contributed by atoms with E-state index in [1.807, 2.05) is 4.68 Å². The van der Waals surface area contributed by atoms with Crippen molar-refractivity contribution in [1.82, 2.24) is 9.78 Å². The number of hydrogen-bond acceptors (Lipinski definition) is 3. The van der Waals surface area contributed by atoms with Crippen LogP contribution in [-0.2, 0) is 17.7 Å². The first-order chi connectivity index (χ1) is 5.83. The van der Waals surface area contributed by atoms with E-state index in [1.54, 1.807) is 6.20 Å². The minimum absolute atomic E-state index is 0.279. The predicted octanol–water partition coefficient (Wildman–Crippen LogP) is 0.616. The molecule has 1 aromatic heterocycles. The van der Waals surface area contributed by atoms with Crippen LogP contribution in [0.5, 0.6) is 0 Å². The molecule has 0 fully saturated rings. The molecule has 1 aromatic rings. The summed E-state index contributed by atoms with van der Waals surface area (Å²) in [6.07, 6.45) is 3.60. The number of esters is 1. The third-order valence-corrected chi connectivity index (χ3v) is 2.14. The van der Waals surface area contributed by atoms with Crippen LogP contribution < -0.4 is 0 Å². The molecule has 0 atom stereocenters. The molecule has 0 unspecified atom stereocenters. The van der Waals surface area contributed by atoms with E-state index in [9.17, 15) is 4.79 Å². The van der Waals surface area contributed by atoms with Gasteiger partial charge in [0.1, 0.15) is 5.56 Å². The molecular formula is C8H10N2O2. The standard InChI is InChI=1S/C8H10N2O2/c1-12-8(11)6-5-9-10-4-2-3-7(6)10/h5H,2-4H2,1H3. The van der Waals surface area contributed by atoms with E-state index in [0.29, 0.717) is 5.56 Å². The molecule has 0 aliphatic carbocycles. The maximum absolute atomic E-state index is 11.2. The maximum Gasteiger partial charge on any atom is 0.341 e. The molecule has 4 heteroatoms. The van der Waals surface area contributed by atoms with Gasteiger partial charge in [-0.3, -0.25) is 4.68 Å². The Labute approximate surface area is 70.1 Å². The normalized spacial score (nSPS) is 14.4. The molecule has 2 rings (SSSR count). The number of carbonyl (C=O) groups excluding carboxylic acids is 1.